The zero-order chi connectivity index (χ0) is 29.5. The molecule has 0 aromatic heterocycles. The third kappa shape index (κ3) is 7.42. The van der Waals surface area contributed by atoms with Gasteiger partial charge in [-0.1, -0.05) is 152 Å². The van der Waals surface area contributed by atoms with Crippen molar-refractivity contribution >= 4 is 9.69 Å². The number of benzene rings is 5. The first-order chi connectivity index (χ1) is 20.4. The fourth-order valence-corrected chi connectivity index (χ4v) is 6.57. The van der Waals surface area contributed by atoms with Crippen molar-refractivity contribution in [1.29, 1.82) is 0 Å². The van der Waals surface area contributed by atoms with E-state index < -0.39 is 0 Å². The molecule has 0 amide bonds. The van der Waals surface area contributed by atoms with Crippen LogP contribution in [0.1, 0.15) is 57.4 Å². The molecule has 205 valence electrons. The van der Waals surface area contributed by atoms with Gasteiger partial charge in [-0.15, -0.1) is 0 Å². The van der Waals surface area contributed by atoms with Crippen molar-refractivity contribution in [2.75, 3.05) is 0 Å². The third-order valence-electron chi connectivity index (χ3n) is 7.86. The van der Waals surface area contributed by atoms with Gasteiger partial charge in [0.25, 0.3) is 0 Å². The molecule has 0 unspecified atom stereocenters. The third-order valence-corrected chi connectivity index (χ3v) is 7.86. The molecule has 1 aliphatic rings. The van der Waals surface area contributed by atoms with Crippen molar-refractivity contribution in [1.82, 2.24) is 0 Å². The van der Waals surface area contributed by atoms with Crippen molar-refractivity contribution in [2.45, 2.75) is 29.6 Å². The Hall–Kier alpha value is -3.51. The minimum atomic E-state index is 0.358. The molecule has 41 heavy (non-hydrogen) atoms. The summed E-state index contributed by atoms with van der Waals surface area (Å²) in [6.07, 6.45) is 0. The Morgan fingerprint density at radius 2 is 0.439 bits per heavy atom. The molecule has 5 aromatic carbocycles. The summed E-state index contributed by atoms with van der Waals surface area (Å²) in [5, 5.41) is 0. The van der Waals surface area contributed by atoms with E-state index in [0.717, 1.165) is 0 Å². The van der Waals surface area contributed by atoms with Crippen molar-refractivity contribution < 1.29 is 26.6 Å². The number of hydrogen-bond acceptors (Lipinski definition) is 0. The molecule has 0 heterocycles. The standard InChI is InChI=1S/C35H30.2CO.ClH.Ru/c1-6-16-26(17-7-1)31-32(27-18-8-2-9-19-27)34(29-22-12-4-13-23-29)35(30-24-14-5-15-25-30)33(31)28-20-10-3-11-21-28;2*1-2;;/h1-25,31-35H;;;1H;/q;;;;+1/p-1. The molecule has 1 fully saturated rings. The largest absolute Gasteiger partial charge is 0.0622 e. The zero-order valence-electron chi connectivity index (χ0n) is 22.4. The van der Waals surface area contributed by atoms with E-state index >= 15 is 0 Å². The maximum Gasteiger partial charge on any atom is -0.00120 e. The van der Waals surface area contributed by atoms with Crippen LogP contribution in [0.25, 0.3) is 0 Å². The van der Waals surface area contributed by atoms with Crippen LogP contribution in [0.3, 0.4) is 0 Å². The molecular weight excluding hydrogens is 613 g/mol. The fourth-order valence-electron chi connectivity index (χ4n) is 6.57. The topological polar surface area (TPSA) is 39.8 Å². The van der Waals surface area contributed by atoms with E-state index in [4.69, 9.17) is 9.30 Å². The number of hydrogen-bond donors (Lipinski definition) is 0. The molecule has 0 saturated heterocycles. The van der Waals surface area contributed by atoms with E-state index in [9.17, 15) is 0 Å². The summed E-state index contributed by atoms with van der Waals surface area (Å²) in [4.78, 5) is 0. The van der Waals surface area contributed by atoms with Crippen LogP contribution in [0.4, 0.5) is 0 Å². The van der Waals surface area contributed by atoms with Crippen LogP contribution in [0.5, 0.6) is 0 Å². The van der Waals surface area contributed by atoms with Gasteiger partial charge in [0.1, 0.15) is 0 Å². The average molecular weight is 643 g/mol. The summed E-state index contributed by atoms with van der Waals surface area (Å²) in [6.45, 7) is 9.00. The molecule has 6 rings (SSSR count). The normalized spacial score (nSPS) is 20.5. The molecule has 5 aromatic rings. The monoisotopic (exact) mass is 643 g/mol. The molecule has 0 N–H and O–H groups in total. The predicted molar refractivity (Wildman–Crippen MR) is 160 cm³/mol. The second kappa shape index (κ2) is 17.3. The second-order valence-electron chi connectivity index (χ2n) is 9.68. The van der Waals surface area contributed by atoms with Crippen molar-refractivity contribution in [3.63, 3.8) is 0 Å². The van der Waals surface area contributed by atoms with Gasteiger partial charge in [-0.25, -0.2) is 0 Å². The van der Waals surface area contributed by atoms with Crippen LogP contribution in [-0.4, -0.2) is 0 Å². The Kier molecular flexibility index (Phi) is 13.5. The summed E-state index contributed by atoms with van der Waals surface area (Å²) < 4.78 is 15.0. The van der Waals surface area contributed by atoms with E-state index in [1.807, 2.05) is 17.3 Å². The Labute approximate surface area is 257 Å². The average Bonchev–Trinajstić information content (AvgIpc) is 3.46. The molecule has 0 radical (unpaired) electrons. The predicted octanol–water partition coefficient (Wildman–Crippen LogP) is 9.53. The van der Waals surface area contributed by atoms with Gasteiger partial charge < -0.3 is 0 Å². The van der Waals surface area contributed by atoms with Crippen molar-refractivity contribution in [3.8, 4) is 0 Å². The molecule has 0 atom stereocenters. The maximum absolute atomic E-state index is 7.50. The van der Waals surface area contributed by atoms with Gasteiger partial charge in [0.2, 0.25) is 0 Å². The summed E-state index contributed by atoms with van der Waals surface area (Å²) in [5.41, 5.74) is 7.13. The van der Waals surface area contributed by atoms with E-state index in [0.29, 0.717) is 29.6 Å². The maximum atomic E-state index is 7.50. The summed E-state index contributed by atoms with van der Waals surface area (Å²) in [5.74, 6) is 1.79. The van der Waals surface area contributed by atoms with Gasteiger partial charge in [-0.3, -0.25) is 0 Å². The Morgan fingerprint density at radius 1 is 0.317 bits per heavy atom. The molecule has 4 heteroatoms. The van der Waals surface area contributed by atoms with Gasteiger partial charge in [0.15, 0.2) is 0 Å². The minimum absolute atomic E-state index is 0.358. The van der Waals surface area contributed by atoms with E-state index in [1.165, 1.54) is 27.8 Å². The van der Waals surface area contributed by atoms with Crippen LogP contribution < -0.4 is 0 Å². The number of halogens is 1. The first-order valence-corrected chi connectivity index (χ1v) is 15.4. The van der Waals surface area contributed by atoms with Crippen LogP contribution in [0, 0.1) is 13.3 Å². The van der Waals surface area contributed by atoms with Gasteiger partial charge in [0, 0.05) is 0 Å². The van der Waals surface area contributed by atoms with Gasteiger partial charge in [-0.2, -0.15) is 0 Å². The van der Waals surface area contributed by atoms with Gasteiger partial charge in [-0.05, 0) is 57.4 Å². The number of rotatable bonds is 5. The molecule has 1 aliphatic carbocycles. The fraction of sp³-hybridized carbons (Fsp3) is 0.135. The second-order valence-corrected chi connectivity index (χ2v) is 9.68. The molecule has 2 nitrogen and oxygen atoms in total. The van der Waals surface area contributed by atoms with Crippen LogP contribution in [0.2, 0.25) is 0 Å². The van der Waals surface area contributed by atoms with Crippen molar-refractivity contribution in [2.24, 2.45) is 0 Å². The quantitative estimate of drug-likeness (QED) is 0.104. The summed E-state index contributed by atoms with van der Waals surface area (Å²) in [7, 11) is 4.57. The molecule has 0 spiro atoms. The zero-order valence-corrected chi connectivity index (χ0v) is 24.9. The van der Waals surface area contributed by atoms with Gasteiger partial charge >= 0.3 is 49.6 Å². The Bertz CT molecular complexity index is 1170. The first kappa shape index (κ1) is 32.0. The first-order valence-electron chi connectivity index (χ1n) is 13.2. The Balaban J connectivity index is 0.000000725. The Morgan fingerprint density at radius 3 is 0.561 bits per heavy atom. The SMILES string of the molecule is [C-]#[O+].[C-]#[O+].[Cl][Ru].c1ccc(C2C(c3ccccc3)C(c3ccccc3)C(c3ccccc3)C2c2ccccc2)cc1. The van der Waals surface area contributed by atoms with E-state index in [1.54, 1.807) is 0 Å². The molecular formula is C37H30ClO2Ru. The van der Waals surface area contributed by atoms with Crippen LogP contribution in [0.15, 0.2) is 152 Å². The van der Waals surface area contributed by atoms with Crippen LogP contribution >= 0.6 is 9.69 Å². The van der Waals surface area contributed by atoms with Crippen molar-refractivity contribution in [3.05, 3.63) is 193 Å². The molecule has 0 bridgehead atoms. The van der Waals surface area contributed by atoms with Gasteiger partial charge in [0.05, 0.1) is 0 Å². The minimum Gasteiger partial charge on any atom is -0.0622 e. The summed E-state index contributed by atoms with van der Waals surface area (Å²) >= 11 is 1.82. The molecule has 0 aliphatic heterocycles. The van der Waals surface area contributed by atoms with Crippen LogP contribution in [-0.2, 0) is 26.6 Å². The van der Waals surface area contributed by atoms with E-state index in [2.05, 4.69) is 175 Å². The van der Waals surface area contributed by atoms with E-state index in [-0.39, 0.29) is 0 Å². The molecule has 1 saturated carbocycles. The summed E-state index contributed by atoms with van der Waals surface area (Å²) in [6, 6.07) is 56.1. The smallest absolute Gasteiger partial charge is 0.00120 e.